The van der Waals surface area contributed by atoms with E-state index in [-0.39, 0.29) is 108 Å². The van der Waals surface area contributed by atoms with Gasteiger partial charge in [-0.1, -0.05) is 0 Å². The van der Waals surface area contributed by atoms with E-state index in [2.05, 4.69) is 0 Å². The van der Waals surface area contributed by atoms with Crippen molar-refractivity contribution in [3.05, 3.63) is 0 Å². The minimum Gasteiger partial charge on any atom is -2.00 e. The van der Waals surface area contributed by atoms with Crippen molar-refractivity contribution >= 4 is 66.5 Å². The molecule has 7 heavy (non-hydrogen) atoms. The van der Waals surface area contributed by atoms with E-state index in [9.17, 15) is 0 Å². The molecule has 0 spiro atoms. The van der Waals surface area contributed by atoms with Gasteiger partial charge in [-0.05, 0) is 0 Å². The van der Waals surface area contributed by atoms with Crippen molar-refractivity contribution in [1.29, 1.82) is 0 Å². The number of hydrogen-bond acceptors (Lipinski definition) is 0. The molecule has 0 fully saturated rings. The molecular formula is BaGeO4Zn. The summed E-state index contributed by atoms with van der Waals surface area (Å²) in [6.07, 6.45) is 0. The Morgan fingerprint density at radius 2 is 0.571 bits per heavy atom. The molecule has 0 saturated heterocycles. The molecule has 0 aliphatic carbocycles. The van der Waals surface area contributed by atoms with Crippen LogP contribution >= 0.6 is 0 Å². The minimum absolute atomic E-state index is 0. The van der Waals surface area contributed by atoms with E-state index < -0.39 is 0 Å². The molecule has 0 aromatic carbocycles. The van der Waals surface area contributed by atoms with Crippen LogP contribution in [0.3, 0.4) is 0 Å². The summed E-state index contributed by atoms with van der Waals surface area (Å²) < 4.78 is 0. The number of hydrogen-bond donors (Lipinski definition) is 0. The predicted octanol–water partition coefficient (Wildman–Crippen LogP) is -1.24. The van der Waals surface area contributed by atoms with E-state index in [1.165, 1.54) is 0 Å². The van der Waals surface area contributed by atoms with E-state index in [1.54, 1.807) is 0 Å². The van der Waals surface area contributed by atoms with Crippen LogP contribution in [0.15, 0.2) is 0 Å². The van der Waals surface area contributed by atoms with Crippen molar-refractivity contribution in [2.24, 2.45) is 0 Å². The third kappa shape index (κ3) is 55.9. The first kappa shape index (κ1) is 106. The molecule has 0 heterocycles. The Bertz CT molecular complexity index is 11.7. The third-order valence-corrected chi connectivity index (χ3v) is 0. The Labute approximate surface area is 106 Å². The largest absolute Gasteiger partial charge is 4.00 e. The molecule has 0 atom stereocenters. The summed E-state index contributed by atoms with van der Waals surface area (Å²) in [4.78, 5) is 0. The van der Waals surface area contributed by atoms with E-state index >= 15 is 0 Å². The molecule has 0 aromatic heterocycles. The first-order valence-corrected chi connectivity index (χ1v) is 0. The monoisotopic (exact) mass is 340 g/mol. The summed E-state index contributed by atoms with van der Waals surface area (Å²) in [5, 5.41) is 0. The summed E-state index contributed by atoms with van der Waals surface area (Å²) in [7, 11) is 0. The smallest absolute Gasteiger partial charge is 2.00 e. The van der Waals surface area contributed by atoms with Crippen LogP contribution in [0, 0.1) is 0 Å². The van der Waals surface area contributed by atoms with Gasteiger partial charge >= 0.3 is 86.0 Å². The third-order valence-electron chi connectivity index (χ3n) is 0. The van der Waals surface area contributed by atoms with Crippen LogP contribution in [0.4, 0.5) is 0 Å². The van der Waals surface area contributed by atoms with Gasteiger partial charge in [0, 0.05) is 0 Å². The van der Waals surface area contributed by atoms with Gasteiger partial charge in [0.15, 0.2) is 0 Å². The summed E-state index contributed by atoms with van der Waals surface area (Å²) >= 11 is 0. The van der Waals surface area contributed by atoms with Crippen LogP contribution in [-0.4, -0.2) is 66.5 Å². The fourth-order valence-corrected chi connectivity index (χ4v) is 0. The molecule has 0 radical (unpaired) electrons. The molecule has 0 bridgehead atoms. The van der Waals surface area contributed by atoms with Gasteiger partial charge in [-0.2, -0.15) is 0 Å². The average Bonchev–Trinajstić information content (AvgIpc) is 0. The summed E-state index contributed by atoms with van der Waals surface area (Å²) in [5.74, 6) is 0. The van der Waals surface area contributed by atoms with Gasteiger partial charge in [0.05, 0.1) is 0 Å². The van der Waals surface area contributed by atoms with E-state index in [0.29, 0.717) is 0 Å². The van der Waals surface area contributed by atoms with Crippen molar-refractivity contribution in [2.45, 2.75) is 0 Å². The molecular weight excluding hydrogens is 339 g/mol. The molecule has 0 aliphatic heterocycles. The van der Waals surface area contributed by atoms with Gasteiger partial charge < -0.3 is 21.9 Å². The Morgan fingerprint density at radius 1 is 0.571 bits per heavy atom. The van der Waals surface area contributed by atoms with Crippen LogP contribution in [0.5, 0.6) is 0 Å². The molecule has 0 aliphatic rings. The quantitative estimate of drug-likeness (QED) is 0.491. The maximum atomic E-state index is 0. The average molecular weight is 339 g/mol. The Morgan fingerprint density at radius 3 is 0.571 bits per heavy atom. The zero-order chi connectivity index (χ0) is 0. The first-order chi connectivity index (χ1) is 0. The van der Waals surface area contributed by atoms with Crippen molar-refractivity contribution in [3.63, 3.8) is 0 Å². The molecule has 0 aromatic rings. The van der Waals surface area contributed by atoms with Gasteiger partial charge in [0.2, 0.25) is 0 Å². The van der Waals surface area contributed by atoms with Crippen molar-refractivity contribution < 1.29 is 41.4 Å². The fraction of sp³-hybridized carbons (Fsp3) is 0. The Kier molecular flexibility index (Phi) is 1120. The molecule has 32 valence electrons. The number of rotatable bonds is 0. The van der Waals surface area contributed by atoms with Crippen LogP contribution < -0.4 is 0 Å². The van der Waals surface area contributed by atoms with E-state index in [1.807, 2.05) is 0 Å². The molecule has 0 N–H and O–H groups in total. The topological polar surface area (TPSA) is 114 Å². The van der Waals surface area contributed by atoms with E-state index in [4.69, 9.17) is 0 Å². The van der Waals surface area contributed by atoms with Crippen molar-refractivity contribution in [1.82, 2.24) is 0 Å². The summed E-state index contributed by atoms with van der Waals surface area (Å²) in [6.45, 7) is 0. The molecule has 0 rings (SSSR count). The maximum Gasteiger partial charge on any atom is 4.00 e. The SMILES string of the molecule is [Ba+2].[Ge+4].[O-2].[O-2].[O-2].[O-2].[Zn+2]. The van der Waals surface area contributed by atoms with Crippen LogP contribution in [0.2, 0.25) is 0 Å². The van der Waals surface area contributed by atoms with Crippen molar-refractivity contribution in [2.75, 3.05) is 0 Å². The van der Waals surface area contributed by atoms with E-state index in [0.717, 1.165) is 0 Å². The molecule has 0 amide bonds. The second kappa shape index (κ2) is 74.1. The first-order valence-electron chi connectivity index (χ1n) is 0. The zero-order valence-corrected chi connectivity index (χ0v) is 13.1. The fourth-order valence-electron chi connectivity index (χ4n) is 0. The zero-order valence-electron chi connectivity index (χ0n) is 3.55. The molecule has 4 nitrogen and oxygen atoms in total. The molecule has 0 unspecified atom stereocenters. The second-order valence-electron chi connectivity index (χ2n) is 0. The van der Waals surface area contributed by atoms with Gasteiger partial charge in [-0.15, -0.1) is 0 Å². The summed E-state index contributed by atoms with van der Waals surface area (Å²) in [6, 6.07) is 0. The maximum absolute atomic E-state index is 0. The van der Waals surface area contributed by atoms with Crippen LogP contribution in [0.25, 0.3) is 0 Å². The predicted molar refractivity (Wildman–Crippen MR) is 14.3 cm³/mol. The Hall–Kier alpha value is 2.58. The van der Waals surface area contributed by atoms with Gasteiger partial charge in [-0.25, -0.2) is 0 Å². The second-order valence-corrected chi connectivity index (χ2v) is 0. The van der Waals surface area contributed by atoms with Crippen molar-refractivity contribution in [3.8, 4) is 0 Å². The summed E-state index contributed by atoms with van der Waals surface area (Å²) in [5.41, 5.74) is 0. The molecule has 7 heteroatoms. The normalized spacial score (nSPS) is 0. The van der Waals surface area contributed by atoms with Gasteiger partial charge in [0.25, 0.3) is 0 Å². The Balaban J connectivity index is 0. The van der Waals surface area contributed by atoms with Gasteiger partial charge in [-0.3, -0.25) is 0 Å². The van der Waals surface area contributed by atoms with Gasteiger partial charge in [0.1, 0.15) is 0 Å². The van der Waals surface area contributed by atoms with Crippen LogP contribution in [-0.2, 0) is 41.4 Å². The minimum atomic E-state index is 0. The standard InChI is InChI=1S/Ba.Ge.4O.Zn/q+2;+4;4*-2;+2. The van der Waals surface area contributed by atoms with Crippen LogP contribution in [0.1, 0.15) is 0 Å². The molecule has 0 saturated carbocycles.